The second-order valence-corrected chi connectivity index (χ2v) is 5.30. The molecule has 0 atom stereocenters. The number of aliphatic hydroxyl groups excluding tert-OH is 1. The van der Waals surface area contributed by atoms with E-state index in [1.165, 1.54) is 0 Å². The molecule has 6 heteroatoms. The highest BCUT2D eigenvalue weighted by molar-refractivity contribution is 5.88. The smallest absolute Gasteiger partial charge is 0.323 e. The summed E-state index contributed by atoms with van der Waals surface area (Å²) in [6, 6.07) is 1.66. The van der Waals surface area contributed by atoms with Crippen molar-refractivity contribution in [2.45, 2.75) is 26.2 Å². The van der Waals surface area contributed by atoms with Gasteiger partial charge in [-0.25, -0.2) is 4.79 Å². The Hall–Kier alpha value is -1.56. The Labute approximate surface area is 113 Å². The van der Waals surface area contributed by atoms with Gasteiger partial charge in [0.25, 0.3) is 0 Å². The van der Waals surface area contributed by atoms with Crippen LogP contribution in [0.1, 0.15) is 26.2 Å². The van der Waals surface area contributed by atoms with Crippen LogP contribution in [-0.2, 0) is 7.05 Å². The van der Waals surface area contributed by atoms with E-state index in [9.17, 15) is 9.90 Å². The number of hydrogen-bond acceptors (Lipinski definition) is 3. The van der Waals surface area contributed by atoms with Crippen molar-refractivity contribution in [1.82, 2.24) is 14.7 Å². The lowest BCUT2D eigenvalue weighted by molar-refractivity contribution is 0.0542. The number of carbonyl (C=O) groups is 1. The Morgan fingerprint density at radius 1 is 1.53 bits per heavy atom. The molecule has 106 valence electrons. The van der Waals surface area contributed by atoms with Crippen LogP contribution in [-0.4, -0.2) is 45.5 Å². The number of piperidine rings is 1. The second-order valence-electron chi connectivity index (χ2n) is 5.30. The highest BCUT2D eigenvalue weighted by Crippen LogP contribution is 2.34. The molecule has 1 aliphatic rings. The van der Waals surface area contributed by atoms with Crippen LogP contribution in [0.15, 0.2) is 12.3 Å². The largest absolute Gasteiger partial charge is 0.396 e. The summed E-state index contributed by atoms with van der Waals surface area (Å²) >= 11 is 0. The lowest BCUT2D eigenvalue weighted by Gasteiger charge is -2.40. The quantitative estimate of drug-likeness (QED) is 0.869. The number of amides is 2. The molecule has 1 aromatic rings. The van der Waals surface area contributed by atoms with E-state index >= 15 is 0 Å². The normalized spacial score (nSPS) is 18.4. The van der Waals surface area contributed by atoms with Crippen LogP contribution in [0.4, 0.5) is 10.6 Å². The van der Waals surface area contributed by atoms with E-state index < -0.39 is 0 Å². The number of anilines is 1. The highest BCUT2D eigenvalue weighted by Gasteiger charge is 2.33. The average Bonchev–Trinajstić information content (AvgIpc) is 2.84. The Morgan fingerprint density at radius 3 is 2.68 bits per heavy atom. The maximum Gasteiger partial charge on any atom is 0.323 e. The standard InChI is InChI=1S/C13H22N4O2/c1-3-13(10-18)5-8-17(9-6-13)12(19)14-11-4-7-16(2)15-11/h4,7,18H,3,5-6,8-10H2,1-2H3,(H,14,15,19). The molecule has 0 radical (unpaired) electrons. The number of aromatic nitrogens is 2. The van der Waals surface area contributed by atoms with Gasteiger partial charge in [-0.3, -0.25) is 10.00 Å². The van der Waals surface area contributed by atoms with Crippen LogP contribution < -0.4 is 5.32 Å². The van der Waals surface area contributed by atoms with Crippen molar-refractivity contribution in [2.75, 3.05) is 25.0 Å². The minimum atomic E-state index is -0.110. The van der Waals surface area contributed by atoms with Gasteiger partial charge in [-0.1, -0.05) is 6.92 Å². The lowest BCUT2D eigenvalue weighted by atomic mass is 9.77. The van der Waals surface area contributed by atoms with Crippen molar-refractivity contribution >= 4 is 11.8 Å². The SMILES string of the molecule is CCC1(CO)CCN(C(=O)Nc2ccn(C)n2)CC1. The van der Waals surface area contributed by atoms with Gasteiger partial charge in [0.2, 0.25) is 0 Å². The van der Waals surface area contributed by atoms with Gasteiger partial charge in [0.1, 0.15) is 0 Å². The predicted octanol–water partition coefficient (Wildman–Crippen LogP) is 1.44. The van der Waals surface area contributed by atoms with Gasteiger partial charge in [0.15, 0.2) is 5.82 Å². The fourth-order valence-corrected chi connectivity index (χ4v) is 2.48. The molecule has 0 saturated carbocycles. The molecule has 1 saturated heterocycles. The number of likely N-dealkylation sites (tertiary alicyclic amines) is 1. The number of rotatable bonds is 3. The van der Waals surface area contributed by atoms with Gasteiger partial charge in [-0.2, -0.15) is 5.10 Å². The van der Waals surface area contributed by atoms with Gasteiger partial charge in [-0.05, 0) is 24.7 Å². The molecular formula is C13H22N4O2. The summed E-state index contributed by atoms with van der Waals surface area (Å²) in [7, 11) is 1.81. The Kier molecular flexibility index (Phi) is 4.09. The summed E-state index contributed by atoms with van der Waals surface area (Å²) < 4.78 is 1.65. The van der Waals surface area contributed by atoms with E-state index in [-0.39, 0.29) is 18.1 Å². The third kappa shape index (κ3) is 3.07. The summed E-state index contributed by atoms with van der Waals surface area (Å²) in [6.45, 7) is 3.68. The van der Waals surface area contributed by atoms with Gasteiger partial charge < -0.3 is 10.0 Å². The molecule has 0 bridgehead atoms. The fourth-order valence-electron chi connectivity index (χ4n) is 2.48. The molecule has 0 spiro atoms. The minimum absolute atomic E-state index is 0.00176. The summed E-state index contributed by atoms with van der Waals surface area (Å²) in [5.41, 5.74) is 0.00176. The number of hydrogen-bond donors (Lipinski definition) is 2. The molecular weight excluding hydrogens is 244 g/mol. The molecule has 2 amide bonds. The summed E-state index contributed by atoms with van der Waals surface area (Å²) in [5, 5.41) is 16.4. The summed E-state index contributed by atoms with van der Waals surface area (Å²) in [4.78, 5) is 13.9. The Balaban J connectivity index is 1.89. The van der Waals surface area contributed by atoms with Crippen LogP contribution >= 0.6 is 0 Å². The van der Waals surface area contributed by atoms with Gasteiger partial charge in [-0.15, -0.1) is 0 Å². The van der Waals surface area contributed by atoms with Crippen LogP contribution in [0.25, 0.3) is 0 Å². The molecule has 2 rings (SSSR count). The maximum atomic E-state index is 12.1. The first-order chi connectivity index (χ1) is 9.08. The summed E-state index contributed by atoms with van der Waals surface area (Å²) in [5.74, 6) is 0.571. The number of carbonyl (C=O) groups excluding carboxylic acids is 1. The van der Waals surface area contributed by atoms with Crippen molar-refractivity contribution in [3.8, 4) is 0 Å². The van der Waals surface area contributed by atoms with Crippen LogP contribution in [0.2, 0.25) is 0 Å². The van der Waals surface area contributed by atoms with Crippen molar-refractivity contribution in [1.29, 1.82) is 0 Å². The number of aryl methyl sites for hydroxylation is 1. The average molecular weight is 266 g/mol. The monoisotopic (exact) mass is 266 g/mol. The summed E-state index contributed by atoms with van der Waals surface area (Å²) in [6.07, 6.45) is 4.46. The molecule has 6 nitrogen and oxygen atoms in total. The zero-order valence-corrected chi connectivity index (χ0v) is 11.6. The van der Waals surface area contributed by atoms with Crippen LogP contribution in [0.3, 0.4) is 0 Å². The zero-order chi connectivity index (χ0) is 13.9. The van der Waals surface area contributed by atoms with E-state index in [1.807, 2.05) is 7.05 Å². The molecule has 0 unspecified atom stereocenters. The number of nitrogens with one attached hydrogen (secondary N) is 1. The van der Waals surface area contributed by atoms with E-state index in [0.29, 0.717) is 18.9 Å². The lowest BCUT2D eigenvalue weighted by Crippen LogP contribution is -2.46. The molecule has 2 heterocycles. The first-order valence-corrected chi connectivity index (χ1v) is 6.75. The van der Waals surface area contributed by atoms with Crippen molar-refractivity contribution in [3.05, 3.63) is 12.3 Å². The van der Waals surface area contributed by atoms with Gasteiger partial charge in [0.05, 0.1) is 0 Å². The van der Waals surface area contributed by atoms with Crippen molar-refractivity contribution < 1.29 is 9.90 Å². The van der Waals surface area contributed by atoms with E-state index in [0.717, 1.165) is 19.3 Å². The molecule has 1 aromatic heterocycles. The van der Waals surface area contributed by atoms with Crippen LogP contribution in [0.5, 0.6) is 0 Å². The molecule has 19 heavy (non-hydrogen) atoms. The highest BCUT2D eigenvalue weighted by atomic mass is 16.3. The van der Waals surface area contributed by atoms with Gasteiger partial charge >= 0.3 is 6.03 Å². The molecule has 0 aliphatic carbocycles. The third-order valence-electron chi connectivity index (χ3n) is 4.15. The Morgan fingerprint density at radius 2 is 2.21 bits per heavy atom. The Bertz CT molecular complexity index is 430. The fraction of sp³-hybridized carbons (Fsp3) is 0.692. The van der Waals surface area contributed by atoms with Crippen molar-refractivity contribution in [2.24, 2.45) is 12.5 Å². The van der Waals surface area contributed by atoms with Crippen LogP contribution in [0, 0.1) is 5.41 Å². The predicted molar refractivity (Wildman–Crippen MR) is 72.8 cm³/mol. The maximum absolute atomic E-state index is 12.1. The zero-order valence-electron chi connectivity index (χ0n) is 11.6. The van der Waals surface area contributed by atoms with Crippen molar-refractivity contribution in [3.63, 3.8) is 0 Å². The van der Waals surface area contributed by atoms with E-state index in [4.69, 9.17) is 0 Å². The first-order valence-electron chi connectivity index (χ1n) is 6.75. The number of nitrogens with zero attached hydrogens (tertiary/aromatic N) is 3. The topological polar surface area (TPSA) is 70.4 Å². The minimum Gasteiger partial charge on any atom is -0.396 e. The molecule has 1 aliphatic heterocycles. The van der Waals surface area contributed by atoms with Gasteiger partial charge in [0, 0.05) is 39.0 Å². The molecule has 0 aromatic carbocycles. The second kappa shape index (κ2) is 5.61. The third-order valence-corrected chi connectivity index (χ3v) is 4.15. The molecule has 2 N–H and O–H groups in total. The number of urea groups is 1. The first kappa shape index (κ1) is 13.9. The number of aliphatic hydroxyl groups is 1. The van der Waals surface area contributed by atoms with E-state index in [2.05, 4.69) is 17.3 Å². The van der Waals surface area contributed by atoms with E-state index in [1.54, 1.807) is 21.8 Å². The molecule has 1 fully saturated rings.